The summed E-state index contributed by atoms with van der Waals surface area (Å²) in [5, 5.41) is 0. The van der Waals surface area contributed by atoms with Gasteiger partial charge in [-0.1, -0.05) is 36.8 Å². The summed E-state index contributed by atoms with van der Waals surface area (Å²) in [5.41, 5.74) is 0.692. The summed E-state index contributed by atoms with van der Waals surface area (Å²) < 4.78 is 5.91. The highest BCUT2D eigenvalue weighted by molar-refractivity contribution is 5.67. The zero-order valence-electron chi connectivity index (χ0n) is 12.8. The Labute approximate surface area is 121 Å². The van der Waals surface area contributed by atoms with Gasteiger partial charge in [-0.05, 0) is 38.9 Å². The van der Waals surface area contributed by atoms with E-state index >= 15 is 0 Å². The van der Waals surface area contributed by atoms with Gasteiger partial charge in [-0.3, -0.25) is 4.79 Å². The van der Waals surface area contributed by atoms with E-state index in [1.165, 1.54) is 13.3 Å². The largest absolute Gasteiger partial charge is 0.454 e. The van der Waals surface area contributed by atoms with Crippen LogP contribution in [-0.4, -0.2) is 31.5 Å². The zero-order chi connectivity index (χ0) is 14.6. The SMILES string of the molecule is CC(=O)O[C@@]1(c2ccccc2)CCCC[C@@H]1CN(C)C. The first kappa shape index (κ1) is 15.0. The quantitative estimate of drug-likeness (QED) is 0.790. The number of nitrogens with zero attached hydrogens (tertiary/aromatic N) is 1. The third-order valence-corrected chi connectivity index (χ3v) is 4.18. The molecule has 1 aliphatic carbocycles. The molecule has 110 valence electrons. The Morgan fingerprint density at radius 1 is 1.30 bits per heavy atom. The van der Waals surface area contributed by atoms with Crippen molar-refractivity contribution in [1.82, 2.24) is 4.90 Å². The molecule has 0 saturated heterocycles. The van der Waals surface area contributed by atoms with E-state index in [1.54, 1.807) is 0 Å². The average Bonchev–Trinajstić information content (AvgIpc) is 2.41. The number of ether oxygens (including phenoxy) is 1. The van der Waals surface area contributed by atoms with E-state index in [-0.39, 0.29) is 5.97 Å². The summed E-state index contributed by atoms with van der Waals surface area (Å²) in [7, 11) is 4.16. The van der Waals surface area contributed by atoms with Crippen LogP contribution in [0.5, 0.6) is 0 Å². The molecular weight excluding hydrogens is 250 g/mol. The number of carbonyl (C=O) groups excluding carboxylic acids is 1. The molecule has 1 aliphatic rings. The van der Waals surface area contributed by atoms with Gasteiger partial charge in [0, 0.05) is 19.4 Å². The fourth-order valence-electron chi connectivity index (χ4n) is 3.45. The van der Waals surface area contributed by atoms with E-state index in [2.05, 4.69) is 31.1 Å². The van der Waals surface area contributed by atoms with Crippen LogP contribution in [0.25, 0.3) is 0 Å². The van der Waals surface area contributed by atoms with Gasteiger partial charge < -0.3 is 9.64 Å². The molecule has 2 rings (SSSR count). The number of carbonyl (C=O) groups is 1. The fraction of sp³-hybridized carbons (Fsp3) is 0.588. The smallest absolute Gasteiger partial charge is 0.303 e. The summed E-state index contributed by atoms with van der Waals surface area (Å²) in [6.45, 7) is 2.47. The van der Waals surface area contributed by atoms with E-state index in [9.17, 15) is 4.79 Å². The highest BCUT2D eigenvalue weighted by Gasteiger charge is 2.45. The van der Waals surface area contributed by atoms with Crippen LogP contribution in [0, 0.1) is 5.92 Å². The molecule has 1 aromatic carbocycles. The van der Waals surface area contributed by atoms with Crippen LogP contribution < -0.4 is 0 Å². The predicted molar refractivity (Wildman–Crippen MR) is 80.4 cm³/mol. The number of rotatable bonds is 4. The molecule has 1 fully saturated rings. The van der Waals surface area contributed by atoms with Gasteiger partial charge in [0.05, 0.1) is 0 Å². The van der Waals surface area contributed by atoms with Crippen molar-refractivity contribution in [3.8, 4) is 0 Å². The van der Waals surface area contributed by atoms with Crippen LogP contribution in [0.4, 0.5) is 0 Å². The maximum Gasteiger partial charge on any atom is 0.303 e. The number of benzene rings is 1. The zero-order valence-corrected chi connectivity index (χ0v) is 12.8. The Balaban J connectivity index is 2.39. The molecular formula is C17H25NO2. The first-order valence-corrected chi connectivity index (χ1v) is 7.44. The average molecular weight is 275 g/mol. The van der Waals surface area contributed by atoms with Crippen molar-refractivity contribution >= 4 is 5.97 Å². The van der Waals surface area contributed by atoms with Gasteiger partial charge in [-0.2, -0.15) is 0 Å². The lowest BCUT2D eigenvalue weighted by Gasteiger charge is -2.44. The van der Waals surface area contributed by atoms with Crippen molar-refractivity contribution in [2.24, 2.45) is 5.92 Å². The minimum Gasteiger partial charge on any atom is -0.454 e. The fourth-order valence-corrected chi connectivity index (χ4v) is 3.45. The van der Waals surface area contributed by atoms with Crippen molar-refractivity contribution in [3.05, 3.63) is 35.9 Å². The van der Waals surface area contributed by atoms with Gasteiger partial charge >= 0.3 is 5.97 Å². The minimum atomic E-state index is -0.449. The molecule has 0 unspecified atom stereocenters. The highest BCUT2D eigenvalue weighted by atomic mass is 16.6. The summed E-state index contributed by atoms with van der Waals surface area (Å²) in [6.07, 6.45) is 4.37. The normalized spacial score (nSPS) is 26.5. The van der Waals surface area contributed by atoms with Crippen LogP contribution in [0.1, 0.15) is 38.2 Å². The lowest BCUT2D eigenvalue weighted by molar-refractivity contribution is -0.171. The maximum absolute atomic E-state index is 11.7. The highest BCUT2D eigenvalue weighted by Crippen LogP contribution is 2.45. The van der Waals surface area contributed by atoms with E-state index < -0.39 is 5.60 Å². The number of hydrogen-bond acceptors (Lipinski definition) is 3. The monoisotopic (exact) mass is 275 g/mol. The predicted octanol–water partition coefficient (Wildman–Crippen LogP) is 3.20. The van der Waals surface area contributed by atoms with Gasteiger partial charge in [0.1, 0.15) is 5.60 Å². The summed E-state index contributed by atoms with van der Waals surface area (Å²) in [4.78, 5) is 13.9. The van der Waals surface area contributed by atoms with Crippen molar-refractivity contribution in [1.29, 1.82) is 0 Å². The van der Waals surface area contributed by atoms with Crippen LogP contribution >= 0.6 is 0 Å². The summed E-state index contributed by atoms with van der Waals surface area (Å²) in [6, 6.07) is 10.3. The van der Waals surface area contributed by atoms with Crippen molar-refractivity contribution in [3.63, 3.8) is 0 Å². The summed E-state index contributed by atoms with van der Waals surface area (Å²) in [5.74, 6) is 0.178. The van der Waals surface area contributed by atoms with E-state index in [0.29, 0.717) is 5.92 Å². The molecule has 2 atom stereocenters. The molecule has 0 aliphatic heterocycles. The Kier molecular flexibility index (Phi) is 4.81. The minimum absolute atomic E-state index is 0.181. The first-order chi connectivity index (χ1) is 9.54. The Hall–Kier alpha value is -1.35. The second kappa shape index (κ2) is 6.40. The van der Waals surface area contributed by atoms with Gasteiger partial charge in [-0.25, -0.2) is 0 Å². The lowest BCUT2D eigenvalue weighted by Crippen LogP contribution is -2.46. The van der Waals surface area contributed by atoms with E-state index in [1.807, 2.05) is 18.2 Å². The van der Waals surface area contributed by atoms with Gasteiger partial charge in [-0.15, -0.1) is 0 Å². The first-order valence-electron chi connectivity index (χ1n) is 7.44. The second-order valence-corrected chi connectivity index (χ2v) is 6.05. The molecule has 0 bridgehead atoms. The third kappa shape index (κ3) is 3.21. The lowest BCUT2D eigenvalue weighted by atomic mass is 9.71. The molecule has 0 radical (unpaired) electrons. The molecule has 0 aromatic heterocycles. The molecule has 0 N–H and O–H groups in total. The Morgan fingerprint density at radius 3 is 2.60 bits per heavy atom. The molecule has 3 heteroatoms. The topological polar surface area (TPSA) is 29.5 Å². The molecule has 0 heterocycles. The molecule has 0 spiro atoms. The molecule has 0 amide bonds. The Morgan fingerprint density at radius 2 is 2.00 bits per heavy atom. The van der Waals surface area contributed by atoms with Crippen molar-refractivity contribution in [2.75, 3.05) is 20.6 Å². The maximum atomic E-state index is 11.7. The van der Waals surface area contributed by atoms with Gasteiger partial charge in [0.25, 0.3) is 0 Å². The third-order valence-electron chi connectivity index (χ3n) is 4.18. The van der Waals surface area contributed by atoms with Crippen LogP contribution in [0.3, 0.4) is 0 Å². The number of esters is 1. The molecule has 1 aromatic rings. The van der Waals surface area contributed by atoms with Crippen molar-refractivity contribution in [2.45, 2.75) is 38.2 Å². The standard InChI is InChI=1S/C17H25NO2/c1-14(19)20-17(15-9-5-4-6-10-15)12-8-7-11-16(17)13-18(2)3/h4-6,9-10,16H,7-8,11-13H2,1-3H3/t16-,17-/m1/s1. The molecule has 1 saturated carbocycles. The van der Waals surface area contributed by atoms with Gasteiger partial charge in [0.2, 0.25) is 0 Å². The van der Waals surface area contributed by atoms with Crippen molar-refractivity contribution < 1.29 is 9.53 Å². The summed E-state index contributed by atoms with van der Waals surface area (Å²) >= 11 is 0. The Bertz CT molecular complexity index is 444. The second-order valence-electron chi connectivity index (χ2n) is 6.05. The van der Waals surface area contributed by atoms with Crippen LogP contribution in [0.15, 0.2) is 30.3 Å². The van der Waals surface area contributed by atoms with E-state index in [4.69, 9.17) is 4.74 Å². The van der Waals surface area contributed by atoms with Crippen LogP contribution in [0.2, 0.25) is 0 Å². The molecule has 3 nitrogen and oxygen atoms in total. The molecule has 20 heavy (non-hydrogen) atoms. The van der Waals surface area contributed by atoms with Crippen LogP contribution in [-0.2, 0) is 15.1 Å². The number of hydrogen-bond donors (Lipinski definition) is 0. The van der Waals surface area contributed by atoms with Gasteiger partial charge in [0.15, 0.2) is 0 Å². The van der Waals surface area contributed by atoms with E-state index in [0.717, 1.165) is 31.4 Å².